The summed E-state index contributed by atoms with van der Waals surface area (Å²) in [4.78, 5) is 4.67. The van der Waals surface area contributed by atoms with Crippen molar-refractivity contribution in [2.45, 2.75) is 33.0 Å². The largest absolute Gasteiger partial charge is 0.416 e. The van der Waals surface area contributed by atoms with Crippen LogP contribution in [0.2, 0.25) is 0 Å². The predicted octanol–water partition coefficient (Wildman–Crippen LogP) is 5.50. The zero-order valence-corrected chi connectivity index (χ0v) is 21.3. The molecule has 1 aliphatic rings. The molecule has 7 nitrogen and oxygen atoms in total. The van der Waals surface area contributed by atoms with Crippen LogP contribution in [0.15, 0.2) is 48.8 Å². The molecule has 3 heterocycles. The lowest BCUT2D eigenvalue weighted by atomic mass is 9.97. The number of benzene rings is 2. The summed E-state index contributed by atoms with van der Waals surface area (Å²) in [7, 11) is 1.92. The molecule has 1 N–H and O–H groups in total. The molecule has 194 valence electrons. The van der Waals surface area contributed by atoms with Crippen LogP contribution in [-0.4, -0.2) is 46.2 Å². The fraction of sp³-hybridized carbons (Fsp3) is 0.370. The molecular formula is C27H30F3N7. The summed E-state index contributed by atoms with van der Waals surface area (Å²) in [5.74, 6) is 0.556. The van der Waals surface area contributed by atoms with Gasteiger partial charge in [0.2, 0.25) is 0 Å². The van der Waals surface area contributed by atoms with Crippen molar-refractivity contribution < 1.29 is 13.2 Å². The molecule has 0 bridgehead atoms. The van der Waals surface area contributed by atoms with Gasteiger partial charge in [-0.25, -0.2) is 0 Å². The van der Waals surface area contributed by atoms with Gasteiger partial charge in [0.1, 0.15) is 0 Å². The van der Waals surface area contributed by atoms with Gasteiger partial charge in [-0.1, -0.05) is 18.2 Å². The lowest BCUT2D eigenvalue weighted by molar-refractivity contribution is -0.138. The Balaban J connectivity index is 1.40. The van der Waals surface area contributed by atoms with Crippen LogP contribution in [0.25, 0.3) is 10.8 Å². The Morgan fingerprint density at radius 3 is 2.27 bits per heavy atom. The third-order valence-corrected chi connectivity index (χ3v) is 7.15. The number of piperazine rings is 1. The van der Waals surface area contributed by atoms with Gasteiger partial charge < -0.3 is 15.1 Å². The summed E-state index contributed by atoms with van der Waals surface area (Å²) in [6.07, 6.45) is -0.483. The molecule has 0 saturated carbocycles. The molecule has 0 aliphatic carbocycles. The first-order valence-electron chi connectivity index (χ1n) is 12.3. The zero-order chi connectivity index (χ0) is 26.3. The fourth-order valence-corrected chi connectivity index (χ4v) is 5.09. The molecule has 0 amide bonds. The first-order chi connectivity index (χ1) is 17.6. The van der Waals surface area contributed by atoms with Gasteiger partial charge in [0.15, 0.2) is 5.82 Å². The molecular weight excluding hydrogens is 479 g/mol. The monoisotopic (exact) mass is 509 g/mol. The third-order valence-electron chi connectivity index (χ3n) is 7.15. The van der Waals surface area contributed by atoms with Gasteiger partial charge in [0.05, 0.1) is 29.2 Å². The summed E-state index contributed by atoms with van der Waals surface area (Å²) in [6, 6.07) is 10.1. The van der Waals surface area contributed by atoms with Crippen LogP contribution < -0.4 is 15.1 Å². The van der Waals surface area contributed by atoms with Gasteiger partial charge in [0.25, 0.3) is 0 Å². The van der Waals surface area contributed by atoms with Gasteiger partial charge in [-0.3, -0.25) is 4.68 Å². The van der Waals surface area contributed by atoms with E-state index >= 15 is 0 Å². The molecule has 2 aromatic carbocycles. The second-order valence-electron chi connectivity index (χ2n) is 9.59. The quantitative estimate of drug-likeness (QED) is 0.384. The molecule has 0 unspecified atom stereocenters. The van der Waals surface area contributed by atoms with Crippen molar-refractivity contribution in [2.75, 3.05) is 41.3 Å². The maximum atomic E-state index is 13.5. The number of halogens is 3. The highest BCUT2D eigenvalue weighted by atomic mass is 19.4. The first-order valence-corrected chi connectivity index (χ1v) is 12.3. The van der Waals surface area contributed by atoms with E-state index in [-0.39, 0.29) is 5.56 Å². The smallest absolute Gasteiger partial charge is 0.368 e. The lowest BCUT2D eigenvalue weighted by Crippen LogP contribution is -2.46. The zero-order valence-electron chi connectivity index (χ0n) is 21.3. The summed E-state index contributed by atoms with van der Waals surface area (Å²) in [6.45, 7) is 8.76. The number of alkyl halides is 3. The van der Waals surface area contributed by atoms with Crippen LogP contribution in [-0.2, 0) is 13.2 Å². The minimum Gasteiger partial charge on any atom is -0.368 e. The molecule has 10 heteroatoms. The third kappa shape index (κ3) is 4.92. The number of rotatable bonds is 5. The van der Waals surface area contributed by atoms with E-state index in [1.165, 1.54) is 13.0 Å². The number of anilines is 3. The van der Waals surface area contributed by atoms with Gasteiger partial charge in [-0.05, 0) is 50.1 Å². The minimum absolute atomic E-state index is 0.214. The van der Waals surface area contributed by atoms with Crippen molar-refractivity contribution >= 4 is 28.0 Å². The Kier molecular flexibility index (Phi) is 6.43. The standard InChI is InChI=1S/C27H30F3N7/c1-17-22(6-5-7-25(17)27(28,29)30)18(2)32-26-24-14-20(8-9-23(24)19(3)33-34-26)36-10-12-37(13-11-36)21-15-31-35(4)16-21/h5-9,14-16,18H,10-13H2,1-4H3,(H,32,34)/t18-/m1/s1. The first kappa shape index (κ1) is 24.9. The van der Waals surface area contributed by atoms with E-state index in [0.717, 1.165) is 60.1 Å². The van der Waals surface area contributed by atoms with Crippen LogP contribution in [0, 0.1) is 13.8 Å². The van der Waals surface area contributed by atoms with Gasteiger partial charge in [-0.15, -0.1) is 5.10 Å². The minimum atomic E-state index is -4.40. The van der Waals surface area contributed by atoms with Gasteiger partial charge in [0, 0.05) is 55.9 Å². The Bertz CT molecular complexity index is 1420. The SMILES string of the molecule is Cc1c([C@@H](C)Nc2nnc(C)c3ccc(N4CCN(c5cnn(C)c5)CC4)cc23)cccc1C(F)(F)F. The molecule has 1 fully saturated rings. The highest BCUT2D eigenvalue weighted by molar-refractivity contribution is 5.95. The molecule has 4 aromatic rings. The Hall–Kier alpha value is -3.82. The molecule has 37 heavy (non-hydrogen) atoms. The van der Waals surface area contributed by atoms with Crippen LogP contribution >= 0.6 is 0 Å². The predicted molar refractivity (Wildman–Crippen MR) is 140 cm³/mol. The van der Waals surface area contributed by atoms with Crippen molar-refractivity contribution in [1.29, 1.82) is 0 Å². The fourth-order valence-electron chi connectivity index (χ4n) is 5.09. The van der Waals surface area contributed by atoms with E-state index < -0.39 is 17.8 Å². The van der Waals surface area contributed by atoms with Crippen LogP contribution in [0.4, 0.5) is 30.4 Å². The number of nitrogens with one attached hydrogen (secondary N) is 1. The number of hydrogen-bond acceptors (Lipinski definition) is 6. The molecule has 1 aliphatic heterocycles. The number of fused-ring (bicyclic) bond motifs is 1. The second-order valence-corrected chi connectivity index (χ2v) is 9.59. The highest BCUT2D eigenvalue weighted by Crippen LogP contribution is 2.36. The van der Waals surface area contributed by atoms with Crippen molar-refractivity contribution in [3.8, 4) is 0 Å². The van der Waals surface area contributed by atoms with Crippen molar-refractivity contribution in [3.63, 3.8) is 0 Å². The van der Waals surface area contributed by atoms with Crippen LogP contribution in [0.5, 0.6) is 0 Å². The van der Waals surface area contributed by atoms with Crippen LogP contribution in [0.1, 0.15) is 35.3 Å². The number of hydrogen-bond donors (Lipinski definition) is 1. The maximum Gasteiger partial charge on any atom is 0.416 e. The molecule has 0 spiro atoms. The van der Waals surface area contributed by atoms with Gasteiger partial charge >= 0.3 is 6.18 Å². The number of nitrogens with zero attached hydrogens (tertiary/aromatic N) is 6. The highest BCUT2D eigenvalue weighted by Gasteiger charge is 2.33. The lowest BCUT2D eigenvalue weighted by Gasteiger charge is -2.36. The number of aryl methyl sites for hydroxylation is 2. The summed E-state index contributed by atoms with van der Waals surface area (Å²) >= 11 is 0. The second kappa shape index (κ2) is 9.57. The van der Waals surface area contributed by atoms with E-state index in [1.807, 2.05) is 44.0 Å². The molecule has 2 aromatic heterocycles. The van der Waals surface area contributed by atoms with Gasteiger partial charge in [-0.2, -0.15) is 23.4 Å². The Morgan fingerprint density at radius 2 is 1.62 bits per heavy atom. The normalized spacial score (nSPS) is 15.3. The Morgan fingerprint density at radius 1 is 0.919 bits per heavy atom. The molecule has 1 atom stereocenters. The van der Waals surface area contributed by atoms with Crippen molar-refractivity contribution in [1.82, 2.24) is 20.0 Å². The maximum absolute atomic E-state index is 13.5. The molecule has 5 rings (SSSR count). The molecule has 0 radical (unpaired) electrons. The van der Waals surface area contributed by atoms with Crippen LogP contribution in [0.3, 0.4) is 0 Å². The topological polar surface area (TPSA) is 62.1 Å². The average Bonchev–Trinajstić information content (AvgIpc) is 3.31. The van der Waals surface area contributed by atoms with E-state index in [0.29, 0.717) is 11.4 Å². The van der Waals surface area contributed by atoms with Crippen molar-refractivity contribution in [2.24, 2.45) is 7.05 Å². The van der Waals surface area contributed by atoms with E-state index in [1.54, 1.807) is 6.07 Å². The summed E-state index contributed by atoms with van der Waals surface area (Å²) < 4.78 is 42.2. The summed E-state index contributed by atoms with van der Waals surface area (Å²) in [5, 5.41) is 18.2. The Labute approximate surface area is 213 Å². The average molecular weight is 510 g/mol. The number of aromatic nitrogens is 4. The van der Waals surface area contributed by atoms with E-state index in [2.05, 4.69) is 42.5 Å². The van der Waals surface area contributed by atoms with E-state index in [9.17, 15) is 13.2 Å². The molecule has 1 saturated heterocycles. The summed E-state index contributed by atoms with van der Waals surface area (Å²) in [5.41, 5.74) is 3.18. The van der Waals surface area contributed by atoms with E-state index in [4.69, 9.17) is 0 Å². The van der Waals surface area contributed by atoms with Crippen molar-refractivity contribution in [3.05, 3.63) is 71.2 Å².